The van der Waals surface area contributed by atoms with Crippen molar-refractivity contribution < 1.29 is 5.11 Å². The molecule has 0 saturated heterocycles. The van der Waals surface area contributed by atoms with E-state index >= 15 is 0 Å². The maximum absolute atomic E-state index is 8.54. The minimum atomic E-state index is 0.277. The van der Waals surface area contributed by atoms with Crippen molar-refractivity contribution in [1.29, 1.82) is 0 Å². The van der Waals surface area contributed by atoms with Gasteiger partial charge >= 0.3 is 0 Å². The van der Waals surface area contributed by atoms with Gasteiger partial charge in [-0.3, -0.25) is 0 Å². The van der Waals surface area contributed by atoms with Crippen LogP contribution >= 0.6 is 0 Å². The molecule has 2 rings (SSSR count). The molecule has 0 aromatic rings. The third-order valence-electron chi connectivity index (χ3n) is 3.06. The molecule has 2 fully saturated rings. The first-order valence-corrected chi connectivity index (χ1v) is 4.71. The highest BCUT2D eigenvalue weighted by Crippen LogP contribution is 2.54. The van der Waals surface area contributed by atoms with Crippen LogP contribution in [0.1, 0.15) is 19.3 Å². The number of hydrogen-bond donors (Lipinski definition) is 2. The Labute approximate surface area is 68.0 Å². The van der Waals surface area contributed by atoms with Gasteiger partial charge in [-0.25, -0.2) is 0 Å². The van der Waals surface area contributed by atoms with Crippen LogP contribution in [-0.4, -0.2) is 24.8 Å². The minimum absolute atomic E-state index is 0.277. The van der Waals surface area contributed by atoms with Gasteiger partial charge in [-0.15, -0.1) is 0 Å². The highest BCUT2D eigenvalue weighted by Gasteiger charge is 2.45. The van der Waals surface area contributed by atoms with E-state index in [0.29, 0.717) is 0 Å². The van der Waals surface area contributed by atoms with E-state index in [4.69, 9.17) is 5.11 Å². The number of hydrogen-bond acceptors (Lipinski definition) is 2. The van der Waals surface area contributed by atoms with Crippen LogP contribution in [0.2, 0.25) is 0 Å². The van der Waals surface area contributed by atoms with Crippen molar-refractivity contribution in [3.05, 3.63) is 0 Å². The summed E-state index contributed by atoms with van der Waals surface area (Å²) in [6.07, 6.45) is 4.41. The monoisotopic (exact) mass is 155 g/mol. The van der Waals surface area contributed by atoms with Crippen LogP contribution in [0.25, 0.3) is 0 Å². The second-order valence-electron chi connectivity index (χ2n) is 4.02. The number of aliphatic hydroxyl groups is 1. The number of nitrogens with one attached hydrogen (secondary N) is 1. The Kier molecular flexibility index (Phi) is 2.14. The largest absolute Gasteiger partial charge is 0.395 e. The molecule has 11 heavy (non-hydrogen) atoms. The Morgan fingerprint density at radius 3 is 2.55 bits per heavy atom. The van der Waals surface area contributed by atoms with Gasteiger partial charge in [0, 0.05) is 6.54 Å². The van der Waals surface area contributed by atoms with Crippen molar-refractivity contribution in [3.8, 4) is 0 Å². The number of rotatable bonds is 4. The van der Waals surface area contributed by atoms with Crippen molar-refractivity contribution >= 4 is 0 Å². The molecule has 0 bridgehead atoms. The molecule has 2 heteroatoms. The molecule has 0 radical (unpaired) electrons. The normalized spacial score (nSPS) is 40.6. The van der Waals surface area contributed by atoms with E-state index in [9.17, 15) is 0 Å². The summed E-state index contributed by atoms with van der Waals surface area (Å²) in [7, 11) is 0. The van der Waals surface area contributed by atoms with Crippen molar-refractivity contribution in [1.82, 2.24) is 5.32 Å². The van der Waals surface area contributed by atoms with Gasteiger partial charge in [-0.2, -0.15) is 0 Å². The Hall–Kier alpha value is -0.0800. The minimum Gasteiger partial charge on any atom is -0.395 e. The van der Waals surface area contributed by atoms with E-state index in [-0.39, 0.29) is 6.61 Å². The predicted octanol–water partition coefficient (Wildman–Crippen LogP) is 0.614. The van der Waals surface area contributed by atoms with Crippen molar-refractivity contribution in [2.45, 2.75) is 19.3 Å². The Balaban J connectivity index is 1.57. The van der Waals surface area contributed by atoms with E-state index in [1.165, 1.54) is 19.3 Å². The molecular weight excluding hydrogens is 138 g/mol. The molecule has 0 spiro atoms. The van der Waals surface area contributed by atoms with Crippen LogP contribution in [0.5, 0.6) is 0 Å². The fraction of sp³-hybridized carbons (Fsp3) is 1.00. The Bertz CT molecular complexity index is 128. The molecule has 0 aromatic carbocycles. The maximum atomic E-state index is 8.54. The highest BCUT2D eigenvalue weighted by atomic mass is 16.3. The predicted molar refractivity (Wildman–Crippen MR) is 44.3 cm³/mol. The summed E-state index contributed by atoms with van der Waals surface area (Å²) in [4.78, 5) is 0. The van der Waals surface area contributed by atoms with Crippen LogP contribution in [-0.2, 0) is 0 Å². The standard InChI is InChI=1S/C9H17NO/c11-2-1-10-6-7-3-8-5-9(8)4-7/h7-11H,1-6H2. The lowest BCUT2D eigenvalue weighted by atomic mass is 10.0. The number of aliphatic hydroxyl groups excluding tert-OH is 1. The van der Waals surface area contributed by atoms with Gasteiger partial charge in [0.15, 0.2) is 0 Å². The lowest BCUT2D eigenvalue weighted by molar-refractivity contribution is 0.286. The molecule has 0 aliphatic heterocycles. The van der Waals surface area contributed by atoms with E-state index in [0.717, 1.165) is 30.8 Å². The molecule has 0 heterocycles. The molecule has 2 saturated carbocycles. The average Bonchev–Trinajstić information content (AvgIpc) is 2.61. The number of fused-ring (bicyclic) bond motifs is 1. The second kappa shape index (κ2) is 3.11. The third-order valence-corrected chi connectivity index (χ3v) is 3.06. The summed E-state index contributed by atoms with van der Waals surface area (Å²) in [5, 5.41) is 11.8. The molecule has 64 valence electrons. The molecule has 0 aromatic heterocycles. The zero-order chi connectivity index (χ0) is 7.68. The van der Waals surface area contributed by atoms with Gasteiger partial charge in [0.25, 0.3) is 0 Å². The summed E-state index contributed by atoms with van der Waals surface area (Å²) in [5.41, 5.74) is 0. The summed E-state index contributed by atoms with van der Waals surface area (Å²) in [6.45, 7) is 2.18. The second-order valence-corrected chi connectivity index (χ2v) is 4.02. The fourth-order valence-corrected chi connectivity index (χ4v) is 2.39. The van der Waals surface area contributed by atoms with E-state index < -0.39 is 0 Å². The van der Waals surface area contributed by atoms with Gasteiger partial charge in [-0.05, 0) is 43.6 Å². The first kappa shape index (κ1) is 7.56. The van der Waals surface area contributed by atoms with Gasteiger partial charge in [0.2, 0.25) is 0 Å². The van der Waals surface area contributed by atoms with Crippen LogP contribution in [0.3, 0.4) is 0 Å². The highest BCUT2D eigenvalue weighted by molar-refractivity contribution is 4.96. The first-order chi connectivity index (χ1) is 5.40. The lowest BCUT2D eigenvalue weighted by Gasteiger charge is -2.11. The van der Waals surface area contributed by atoms with Crippen LogP contribution in [0, 0.1) is 17.8 Å². The average molecular weight is 155 g/mol. The first-order valence-electron chi connectivity index (χ1n) is 4.71. The zero-order valence-electron chi connectivity index (χ0n) is 6.92. The lowest BCUT2D eigenvalue weighted by Crippen LogP contribution is -2.24. The van der Waals surface area contributed by atoms with Gasteiger partial charge < -0.3 is 10.4 Å². The van der Waals surface area contributed by atoms with E-state index in [1.54, 1.807) is 0 Å². The smallest absolute Gasteiger partial charge is 0.0555 e. The summed E-state index contributed by atoms with van der Waals surface area (Å²) < 4.78 is 0. The SMILES string of the molecule is OCCNCC1CC2CC2C1. The summed E-state index contributed by atoms with van der Waals surface area (Å²) in [5.74, 6) is 3.11. The molecular formula is C9H17NO. The van der Waals surface area contributed by atoms with Crippen LogP contribution in [0.15, 0.2) is 0 Å². The van der Waals surface area contributed by atoms with Crippen molar-refractivity contribution in [2.75, 3.05) is 19.7 Å². The van der Waals surface area contributed by atoms with Crippen molar-refractivity contribution in [3.63, 3.8) is 0 Å². The Morgan fingerprint density at radius 1 is 1.18 bits per heavy atom. The Morgan fingerprint density at radius 2 is 1.91 bits per heavy atom. The van der Waals surface area contributed by atoms with Crippen molar-refractivity contribution in [2.24, 2.45) is 17.8 Å². The molecule has 2 nitrogen and oxygen atoms in total. The molecule has 0 amide bonds. The quantitative estimate of drug-likeness (QED) is 0.583. The third kappa shape index (κ3) is 1.74. The molecule has 2 unspecified atom stereocenters. The van der Waals surface area contributed by atoms with E-state index in [1.807, 2.05) is 0 Å². The van der Waals surface area contributed by atoms with Crippen LogP contribution in [0.4, 0.5) is 0 Å². The fourth-order valence-electron chi connectivity index (χ4n) is 2.39. The van der Waals surface area contributed by atoms with Gasteiger partial charge in [0.1, 0.15) is 0 Å². The van der Waals surface area contributed by atoms with Gasteiger partial charge in [-0.1, -0.05) is 0 Å². The summed E-state index contributed by atoms with van der Waals surface area (Å²) in [6, 6.07) is 0. The zero-order valence-corrected chi connectivity index (χ0v) is 6.92. The molecule has 2 N–H and O–H groups in total. The van der Waals surface area contributed by atoms with Crippen LogP contribution < -0.4 is 5.32 Å². The summed E-state index contributed by atoms with van der Waals surface area (Å²) >= 11 is 0. The van der Waals surface area contributed by atoms with Gasteiger partial charge in [0.05, 0.1) is 6.61 Å². The topological polar surface area (TPSA) is 32.3 Å². The molecule has 2 aliphatic carbocycles. The molecule has 2 aliphatic rings. The molecule has 2 atom stereocenters. The maximum Gasteiger partial charge on any atom is 0.0555 e. The van der Waals surface area contributed by atoms with E-state index in [2.05, 4.69) is 5.32 Å².